The van der Waals surface area contributed by atoms with Gasteiger partial charge in [-0.2, -0.15) is 0 Å². The van der Waals surface area contributed by atoms with Crippen LogP contribution in [0.15, 0.2) is 21.6 Å². The molecule has 1 amide bonds. The van der Waals surface area contributed by atoms with E-state index in [1.165, 1.54) is 38.4 Å². The van der Waals surface area contributed by atoms with E-state index in [4.69, 9.17) is 9.15 Å². The van der Waals surface area contributed by atoms with Crippen molar-refractivity contribution in [1.82, 2.24) is 10.0 Å². The Labute approximate surface area is 136 Å². The summed E-state index contributed by atoms with van der Waals surface area (Å²) in [6, 6.07) is 2.59. The fourth-order valence-corrected chi connectivity index (χ4v) is 3.33. The monoisotopic (exact) mass is 344 g/mol. The Balaban J connectivity index is 1.77. The van der Waals surface area contributed by atoms with Crippen molar-refractivity contribution in [1.29, 1.82) is 0 Å². The third-order valence-electron chi connectivity index (χ3n) is 4.09. The average molecular weight is 344 g/mol. The minimum absolute atomic E-state index is 0.0372. The Morgan fingerprint density at radius 1 is 1.35 bits per heavy atom. The van der Waals surface area contributed by atoms with Crippen LogP contribution in [-0.4, -0.2) is 40.6 Å². The summed E-state index contributed by atoms with van der Waals surface area (Å²) in [5.74, 6) is 0.0616. The SMILES string of the molecule is CNS(=O)(=O)c1ccc(C(=O)NCCO[C@@H]2CCCC[C@H]2C)o1. The molecule has 0 radical (unpaired) electrons. The van der Waals surface area contributed by atoms with E-state index in [0.29, 0.717) is 19.1 Å². The molecule has 1 aliphatic carbocycles. The van der Waals surface area contributed by atoms with E-state index in [-0.39, 0.29) is 17.0 Å². The lowest BCUT2D eigenvalue weighted by Crippen LogP contribution is -2.31. The fraction of sp³-hybridized carbons (Fsp3) is 0.667. The summed E-state index contributed by atoms with van der Waals surface area (Å²) >= 11 is 0. The highest BCUT2D eigenvalue weighted by Crippen LogP contribution is 2.26. The van der Waals surface area contributed by atoms with Crippen molar-refractivity contribution in [3.8, 4) is 0 Å². The summed E-state index contributed by atoms with van der Waals surface area (Å²) in [4.78, 5) is 11.9. The lowest BCUT2D eigenvalue weighted by atomic mass is 9.88. The van der Waals surface area contributed by atoms with Crippen molar-refractivity contribution in [2.24, 2.45) is 5.92 Å². The molecule has 7 nitrogen and oxygen atoms in total. The van der Waals surface area contributed by atoms with Crippen LogP contribution in [0.1, 0.15) is 43.2 Å². The van der Waals surface area contributed by atoms with E-state index in [2.05, 4.69) is 17.0 Å². The smallest absolute Gasteiger partial charge is 0.287 e. The van der Waals surface area contributed by atoms with E-state index in [0.717, 1.165) is 6.42 Å². The van der Waals surface area contributed by atoms with Gasteiger partial charge in [-0.25, -0.2) is 13.1 Å². The molecule has 2 rings (SSSR count). The molecule has 1 heterocycles. The first kappa shape index (κ1) is 18.0. The van der Waals surface area contributed by atoms with Crippen LogP contribution in [0, 0.1) is 5.92 Å². The van der Waals surface area contributed by atoms with Crippen molar-refractivity contribution in [2.75, 3.05) is 20.2 Å². The van der Waals surface area contributed by atoms with Crippen LogP contribution in [0.2, 0.25) is 0 Å². The van der Waals surface area contributed by atoms with Gasteiger partial charge < -0.3 is 14.5 Å². The number of hydrogen-bond acceptors (Lipinski definition) is 5. The Kier molecular flexibility index (Phi) is 6.20. The number of amides is 1. The van der Waals surface area contributed by atoms with Crippen LogP contribution in [0.4, 0.5) is 0 Å². The maximum atomic E-state index is 11.9. The Bertz CT molecular complexity index is 626. The highest BCUT2D eigenvalue weighted by atomic mass is 32.2. The first-order valence-corrected chi connectivity index (χ1v) is 9.35. The van der Waals surface area contributed by atoms with Crippen LogP contribution in [-0.2, 0) is 14.8 Å². The summed E-state index contributed by atoms with van der Waals surface area (Å²) in [7, 11) is -2.40. The molecular formula is C15H24N2O5S. The summed E-state index contributed by atoms with van der Waals surface area (Å²) in [6.07, 6.45) is 4.96. The standard InChI is InChI=1S/C15H24N2O5S/c1-11-5-3-4-6-12(11)21-10-9-17-15(18)13-7-8-14(22-13)23(19,20)16-2/h7-8,11-12,16H,3-6,9-10H2,1-2H3,(H,17,18)/t11-,12-/m1/s1. The molecule has 1 fully saturated rings. The van der Waals surface area contributed by atoms with Crippen molar-refractivity contribution in [2.45, 2.75) is 43.8 Å². The van der Waals surface area contributed by atoms with Gasteiger partial charge in [0.25, 0.3) is 15.9 Å². The summed E-state index contributed by atoms with van der Waals surface area (Å²) in [5, 5.41) is 2.38. The van der Waals surface area contributed by atoms with E-state index in [9.17, 15) is 13.2 Å². The van der Waals surface area contributed by atoms with Gasteiger partial charge in [0.15, 0.2) is 5.76 Å². The normalized spacial score (nSPS) is 22.0. The van der Waals surface area contributed by atoms with Gasteiger partial charge in [0.1, 0.15) is 0 Å². The number of sulfonamides is 1. The number of furan rings is 1. The lowest BCUT2D eigenvalue weighted by Gasteiger charge is -2.28. The fourth-order valence-electron chi connectivity index (χ4n) is 2.68. The highest BCUT2D eigenvalue weighted by molar-refractivity contribution is 7.89. The minimum atomic E-state index is -3.68. The molecule has 0 spiro atoms. The summed E-state index contributed by atoms with van der Waals surface area (Å²) < 4.78 is 36.1. The second-order valence-electron chi connectivity index (χ2n) is 5.75. The predicted octanol–water partition coefficient (Wildman–Crippen LogP) is 1.51. The zero-order chi connectivity index (χ0) is 16.9. The summed E-state index contributed by atoms with van der Waals surface area (Å²) in [6.45, 7) is 2.98. The predicted molar refractivity (Wildman–Crippen MR) is 84.7 cm³/mol. The van der Waals surface area contributed by atoms with Crippen molar-refractivity contribution >= 4 is 15.9 Å². The van der Waals surface area contributed by atoms with E-state index in [1.807, 2.05) is 0 Å². The maximum absolute atomic E-state index is 11.9. The second-order valence-corrected chi connectivity index (χ2v) is 7.57. The quantitative estimate of drug-likeness (QED) is 0.731. The maximum Gasteiger partial charge on any atom is 0.287 e. The molecule has 1 saturated carbocycles. The third kappa shape index (κ3) is 4.79. The molecule has 8 heteroatoms. The topological polar surface area (TPSA) is 97.6 Å². The van der Waals surface area contributed by atoms with Gasteiger partial charge in [0, 0.05) is 6.54 Å². The average Bonchev–Trinajstić information content (AvgIpc) is 3.04. The van der Waals surface area contributed by atoms with Crippen molar-refractivity contribution < 1.29 is 22.4 Å². The number of nitrogens with one attached hydrogen (secondary N) is 2. The van der Waals surface area contributed by atoms with E-state index < -0.39 is 15.9 Å². The Morgan fingerprint density at radius 3 is 2.78 bits per heavy atom. The molecule has 2 atom stereocenters. The summed E-state index contributed by atoms with van der Waals surface area (Å²) in [5.41, 5.74) is 0. The van der Waals surface area contributed by atoms with Gasteiger partial charge in [-0.3, -0.25) is 4.79 Å². The molecule has 0 unspecified atom stereocenters. The van der Waals surface area contributed by atoms with Crippen LogP contribution < -0.4 is 10.0 Å². The molecule has 23 heavy (non-hydrogen) atoms. The van der Waals surface area contributed by atoms with Crippen molar-refractivity contribution in [3.05, 3.63) is 17.9 Å². The molecule has 0 aliphatic heterocycles. The van der Waals surface area contributed by atoms with Crippen LogP contribution in [0.3, 0.4) is 0 Å². The van der Waals surface area contributed by atoms with Gasteiger partial charge >= 0.3 is 0 Å². The Morgan fingerprint density at radius 2 is 2.09 bits per heavy atom. The van der Waals surface area contributed by atoms with Crippen molar-refractivity contribution in [3.63, 3.8) is 0 Å². The molecule has 0 aromatic carbocycles. The first-order chi connectivity index (χ1) is 10.9. The molecule has 1 aromatic rings. The van der Waals surface area contributed by atoms with Gasteiger partial charge in [0.2, 0.25) is 5.09 Å². The molecule has 0 bridgehead atoms. The van der Waals surface area contributed by atoms with Gasteiger partial charge in [-0.05, 0) is 37.9 Å². The van der Waals surface area contributed by atoms with Gasteiger partial charge in [-0.15, -0.1) is 0 Å². The number of ether oxygens (including phenoxy) is 1. The van der Waals surface area contributed by atoms with E-state index >= 15 is 0 Å². The molecule has 1 aromatic heterocycles. The van der Waals surface area contributed by atoms with Crippen LogP contribution >= 0.6 is 0 Å². The Hall–Kier alpha value is -1.38. The molecular weight excluding hydrogens is 320 g/mol. The zero-order valence-electron chi connectivity index (χ0n) is 13.5. The van der Waals surface area contributed by atoms with Crippen LogP contribution in [0.25, 0.3) is 0 Å². The largest absolute Gasteiger partial charge is 0.438 e. The highest BCUT2D eigenvalue weighted by Gasteiger charge is 2.22. The zero-order valence-corrected chi connectivity index (χ0v) is 14.3. The van der Waals surface area contributed by atoms with Gasteiger partial charge in [0.05, 0.1) is 12.7 Å². The number of hydrogen-bond donors (Lipinski definition) is 2. The van der Waals surface area contributed by atoms with E-state index in [1.54, 1.807) is 0 Å². The molecule has 130 valence electrons. The molecule has 0 saturated heterocycles. The number of rotatable bonds is 7. The number of carbonyl (C=O) groups excluding carboxylic acids is 1. The first-order valence-electron chi connectivity index (χ1n) is 7.87. The molecule has 1 aliphatic rings. The second kappa shape index (κ2) is 7.94. The van der Waals surface area contributed by atoms with Crippen LogP contribution in [0.5, 0.6) is 0 Å². The minimum Gasteiger partial charge on any atom is -0.438 e. The lowest BCUT2D eigenvalue weighted by molar-refractivity contribution is -0.00301. The van der Waals surface area contributed by atoms with Gasteiger partial charge in [-0.1, -0.05) is 19.8 Å². The third-order valence-corrected chi connectivity index (χ3v) is 5.38. The molecule has 2 N–H and O–H groups in total. The number of carbonyl (C=O) groups is 1.